The molecule has 4 unspecified atom stereocenters. The normalized spacial score (nSPS) is 33.9. The van der Waals surface area contributed by atoms with E-state index >= 15 is 0 Å². The highest BCUT2D eigenvalue weighted by Crippen LogP contribution is 2.60. The molecule has 4 rings (SSSR count). The molecular weight excluding hydrogens is 298 g/mol. The molecule has 0 radical (unpaired) electrons. The maximum atomic E-state index is 5.84. The second-order valence-electron chi connectivity index (χ2n) is 7.73. The number of fused-ring (bicyclic) bond motifs is 3. The summed E-state index contributed by atoms with van der Waals surface area (Å²) in [5, 5.41) is 6.94. The van der Waals surface area contributed by atoms with Crippen LogP contribution in [0.25, 0.3) is 0 Å². The molecule has 1 aromatic rings. The molecule has 130 valence electrons. The number of hydrogen-bond donors (Lipinski definition) is 2. The molecule has 2 fully saturated rings. The highest BCUT2D eigenvalue weighted by Gasteiger charge is 2.54. The lowest BCUT2D eigenvalue weighted by molar-refractivity contribution is 0.0283. The van der Waals surface area contributed by atoms with Gasteiger partial charge in [-0.3, -0.25) is 4.99 Å². The van der Waals surface area contributed by atoms with Crippen LogP contribution in [-0.4, -0.2) is 37.8 Å². The van der Waals surface area contributed by atoms with Gasteiger partial charge in [-0.1, -0.05) is 24.3 Å². The Morgan fingerprint density at radius 1 is 1.33 bits per heavy atom. The van der Waals surface area contributed by atoms with E-state index in [1.54, 1.807) is 11.1 Å². The molecule has 0 spiro atoms. The molecule has 1 saturated heterocycles. The zero-order valence-corrected chi connectivity index (χ0v) is 14.8. The zero-order valence-electron chi connectivity index (χ0n) is 14.8. The Labute approximate surface area is 145 Å². The van der Waals surface area contributed by atoms with Crippen molar-refractivity contribution < 1.29 is 4.74 Å². The second-order valence-corrected chi connectivity index (χ2v) is 7.73. The van der Waals surface area contributed by atoms with Crippen molar-refractivity contribution in [3.05, 3.63) is 35.4 Å². The number of hydrogen-bond acceptors (Lipinski definition) is 2. The lowest BCUT2D eigenvalue weighted by Crippen LogP contribution is -2.40. The summed E-state index contributed by atoms with van der Waals surface area (Å²) in [6.07, 6.45) is 3.52. The van der Waals surface area contributed by atoms with Gasteiger partial charge in [0.1, 0.15) is 0 Å². The molecule has 2 aliphatic carbocycles. The number of rotatable bonds is 5. The van der Waals surface area contributed by atoms with Crippen molar-refractivity contribution in [1.29, 1.82) is 0 Å². The minimum Gasteiger partial charge on any atom is -0.373 e. The fourth-order valence-corrected chi connectivity index (χ4v) is 4.53. The molecule has 4 atom stereocenters. The van der Waals surface area contributed by atoms with Gasteiger partial charge in [-0.25, -0.2) is 0 Å². The van der Waals surface area contributed by atoms with E-state index in [-0.39, 0.29) is 5.60 Å². The molecule has 3 aliphatic rings. The van der Waals surface area contributed by atoms with Crippen molar-refractivity contribution in [3.8, 4) is 0 Å². The molecule has 24 heavy (non-hydrogen) atoms. The first kappa shape index (κ1) is 15.9. The lowest BCUT2D eigenvalue weighted by atomic mass is 10.0. The summed E-state index contributed by atoms with van der Waals surface area (Å²) in [6.45, 7) is 7.82. The summed E-state index contributed by atoms with van der Waals surface area (Å²) in [4.78, 5) is 4.77. The van der Waals surface area contributed by atoms with Gasteiger partial charge in [0.2, 0.25) is 0 Å². The molecule has 0 amide bonds. The number of benzene rings is 1. The van der Waals surface area contributed by atoms with Crippen LogP contribution in [0.4, 0.5) is 0 Å². The quantitative estimate of drug-likeness (QED) is 0.646. The Morgan fingerprint density at radius 3 is 3.00 bits per heavy atom. The van der Waals surface area contributed by atoms with Crippen LogP contribution < -0.4 is 10.6 Å². The van der Waals surface area contributed by atoms with Crippen LogP contribution in [0.2, 0.25) is 0 Å². The van der Waals surface area contributed by atoms with E-state index in [9.17, 15) is 0 Å². The molecule has 0 aromatic heterocycles. The van der Waals surface area contributed by atoms with Gasteiger partial charge in [-0.2, -0.15) is 0 Å². The summed E-state index contributed by atoms with van der Waals surface area (Å²) >= 11 is 0. The first-order valence-electron chi connectivity index (χ1n) is 9.44. The van der Waals surface area contributed by atoms with Crippen LogP contribution in [0.15, 0.2) is 29.3 Å². The molecule has 1 aliphatic heterocycles. The minimum atomic E-state index is -0.0720. The standard InChI is InChI=1S/C20H29N3O/c1-3-21-19(23-13-20(2)9-6-10-24-20)22-12-17-16-11-14-7-4-5-8-15(14)18(16)17/h4-5,7-8,16-18H,3,6,9-13H2,1-2H3,(H2,21,22,23). The molecule has 1 aromatic carbocycles. The maximum absolute atomic E-state index is 5.84. The molecule has 4 heteroatoms. The van der Waals surface area contributed by atoms with E-state index < -0.39 is 0 Å². The smallest absolute Gasteiger partial charge is 0.191 e. The topological polar surface area (TPSA) is 45.7 Å². The molecule has 2 N–H and O–H groups in total. The Balaban J connectivity index is 1.32. The number of nitrogens with zero attached hydrogens (tertiary/aromatic N) is 1. The first-order chi connectivity index (χ1) is 11.7. The van der Waals surface area contributed by atoms with E-state index in [1.807, 2.05) is 0 Å². The van der Waals surface area contributed by atoms with Gasteiger partial charge in [-0.05, 0) is 62.0 Å². The Morgan fingerprint density at radius 2 is 2.21 bits per heavy atom. The number of aliphatic imine (C=N–C) groups is 1. The molecule has 0 bridgehead atoms. The Hall–Kier alpha value is -1.55. The van der Waals surface area contributed by atoms with Crippen LogP contribution in [0, 0.1) is 11.8 Å². The molecule has 4 nitrogen and oxygen atoms in total. The van der Waals surface area contributed by atoms with Crippen molar-refractivity contribution >= 4 is 5.96 Å². The molecule has 1 saturated carbocycles. The Kier molecular flexibility index (Phi) is 4.25. The van der Waals surface area contributed by atoms with Crippen LogP contribution in [0.1, 0.15) is 43.7 Å². The van der Waals surface area contributed by atoms with Crippen molar-refractivity contribution in [2.45, 2.75) is 44.6 Å². The largest absolute Gasteiger partial charge is 0.373 e. The van der Waals surface area contributed by atoms with Gasteiger partial charge in [0, 0.05) is 19.7 Å². The highest BCUT2D eigenvalue weighted by atomic mass is 16.5. The third kappa shape index (κ3) is 3.04. The van der Waals surface area contributed by atoms with E-state index in [0.717, 1.165) is 62.8 Å². The predicted molar refractivity (Wildman–Crippen MR) is 97.4 cm³/mol. The number of nitrogens with one attached hydrogen (secondary N) is 2. The van der Waals surface area contributed by atoms with Crippen LogP contribution in [0.3, 0.4) is 0 Å². The summed E-state index contributed by atoms with van der Waals surface area (Å²) in [5.41, 5.74) is 3.08. The number of guanidine groups is 1. The SMILES string of the molecule is CCNC(=NCC1(C)CCCO1)NCC1C2Cc3ccccc3C12. The maximum Gasteiger partial charge on any atom is 0.191 e. The summed E-state index contributed by atoms with van der Waals surface area (Å²) < 4.78 is 5.84. The van der Waals surface area contributed by atoms with Gasteiger partial charge in [0.05, 0.1) is 12.1 Å². The van der Waals surface area contributed by atoms with Crippen molar-refractivity contribution in [1.82, 2.24) is 10.6 Å². The zero-order chi connectivity index (χ0) is 16.6. The minimum absolute atomic E-state index is 0.0720. The van der Waals surface area contributed by atoms with E-state index in [1.165, 1.54) is 6.42 Å². The first-order valence-corrected chi connectivity index (χ1v) is 9.44. The third-order valence-electron chi connectivity index (χ3n) is 5.92. The van der Waals surface area contributed by atoms with E-state index in [4.69, 9.17) is 9.73 Å². The van der Waals surface area contributed by atoms with Gasteiger partial charge in [0.25, 0.3) is 0 Å². The fraction of sp³-hybridized carbons (Fsp3) is 0.650. The summed E-state index contributed by atoms with van der Waals surface area (Å²) in [6, 6.07) is 8.95. The fourth-order valence-electron chi connectivity index (χ4n) is 4.53. The third-order valence-corrected chi connectivity index (χ3v) is 5.92. The van der Waals surface area contributed by atoms with Crippen molar-refractivity contribution in [3.63, 3.8) is 0 Å². The van der Waals surface area contributed by atoms with Crippen LogP contribution in [-0.2, 0) is 11.2 Å². The van der Waals surface area contributed by atoms with Crippen LogP contribution >= 0.6 is 0 Å². The second kappa shape index (κ2) is 6.40. The van der Waals surface area contributed by atoms with Crippen molar-refractivity contribution in [2.75, 3.05) is 26.2 Å². The summed E-state index contributed by atoms with van der Waals surface area (Å²) in [7, 11) is 0. The van der Waals surface area contributed by atoms with Crippen molar-refractivity contribution in [2.24, 2.45) is 16.8 Å². The molecular formula is C20H29N3O. The summed E-state index contributed by atoms with van der Waals surface area (Å²) in [5.74, 6) is 3.32. The van der Waals surface area contributed by atoms with E-state index in [2.05, 4.69) is 48.7 Å². The number of ether oxygens (including phenoxy) is 1. The van der Waals surface area contributed by atoms with E-state index in [0.29, 0.717) is 0 Å². The van der Waals surface area contributed by atoms with Crippen LogP contribution in [0.5, 0.6) is 0 Å². The van der Waals surface area contributed by atoms with Gasteiger partial charge < -0.3 is 15.4 Å². The molecule has 1 heterocycles. The lowest BCUT2D eigenvalue weighted by Gasteiger charge is -2.21. The monoisotopic (exact) mass is 327 g/mol. The highest BCUT2D eigenvalue weighted by molar-refractivity contribution is 5.79. The average Bonchev–Trinajstić information content (AvgIpc) is 2.93. The van der Waals surface area contributed by atoms with Gasteiger partial charge in [0.15, 0.2) is 5.96 Å². The Bertz CT molecular complexity index is 621. The average molecular weight is 327 g/mol. The predicted octanol–water partition coefficient (Wildman–Crippen LogP) is 2.70. The van der Waals surface area contributed by atoms with Gasteiger partial charge in [-0.15, -0.1) is 0 Å². The van der Waals surface area contributed by atoms with Gasteiger partial charge >= 0.3 is 0 Å².